The minimum Gasteiger partial charge on any atom is -0.497 e. The second kappa shape index (κ2) is 11.9. The number of benzene rings is 3. The molecule has 0 bridgehead atoms. The number of rotatable bonds is 8. The van der Waals surface area contributed by atoms with Gasteiger partial charge in [-0.25, -0.2) is 14.5 Å². The zero-order valence-electron chi connectivity index (χ0n) is 23.6. The van der Waals surface area contributed by atoms with Crippen LogP contribution in [0.15, 0.2) is 125 Å². The maximum Gasteiger partial charge on any atom is 0.338 e. The monoisotopic (exact) mass is 588 g/mol. The lowest BCUT2D eigenvalue weighted by Crippen LogP contribution is -2.39. The SMILES string of the molecule is C=CCOC(=O)C1=C(C)N=c2s/c(=C\c3cn(-c4ccccc4)nc3-c3ccccc3)c(=O)n2[C@H]1c1ccc(OC)cc1. The number of allylic oxidation sites excluding steroid dienone is 1. The molecule has 214 valence electrons. The van der Waals surface area contributed by atoms with Crippen LogP contribution in [0.1, 0.15) is 24.1 Å². The van der Waals surface area contributed by atoms with Crippen molar-refractivity contribution in [3.05, 3.63) is 146 Å². The van der Waals surface area contributed by atoms with Crippen LogP contribution in [0.3, 0.4) is 0 Å². The Kier molecular flexibility index (Phi) is 7.72. The molecule has 3 aromatic carbocycles. The highest BCUT2D eigenvalue weighted by atomic mass is 32.1. The van der Waals surface area contributed by atoms with Crippen LogP contribution >= 0.6 is 11.3 Å². The lowest BCUT2D eigenvalue weighted by atomic mass is 9.96. The van der Waals surface area contributed by atoms with Gasteiger partial charge < -0.3 is 9.47 Å². The van der Waals surface area contributed by atoms with E-state index in [1.807, 2.05) is 89.8 Å². The van der Waals surface area contributed by atoms with E-state index in [1.54, 1.807) is 30.7 Å². The third-order valence-electron chi connectivity index (χ3n) is 7.10. The number of methoxy groups -OCH3 is 1. The highest BCUT2D eigenvalue weighted by molar-refractivity contribution is 7.07. The topological polar surface area (TPSA) is 87.7 Å². The Morgan fingerprint density at radius 3 is 2.40 bits per heavy atom. The van der Waals surface area contributed by atoms with E-state index in [0.717, 1.165) is 28.1 Å². The number of esters is 1. The van der Waals surface area contributed by atoms with Gasteiger partial charge in [0.15, 0.2) is 4.80 Å². The smallest absolute Gasteiger partial charge is 0.338 e. The minimum atomic E-state index is -0.734. The predicted molar refractivity (Wildman–Crippen MR) is 167 cm³/mol. The molecule has 1 atom stereocenters. The molecular formula is C34H28N4O4S. The van der Waals surface area contributed by atoms with Crippen molar-refractivity contribution in [2.45, 2.75) is 13.0 Å². The van der Waals surface area contributed by atoms with Crippen molar-refractivity contribution in [3.63, 3.8) is 0 Å². The largest absolute Gasteiger partial charge is 0.497 e. The summed E-state index contributed by atoms with van der Waals surface area (Å²) >= 11 is 1.27. The fourth-order valence-electron chi connectivity index (χ4n) is 5.06. The molecule has 1 aliphatic rings. The fraction of sp³-hybridized carbons (Fsp3) is 0.118. The molecular weight excluding hydrogens is 560 g/mol. The van der Waals surface area contributed by atoms with Crippen LogP contribution in [0.25, 0.3) is 23.0 Å². The number of thiazole rings is 1. The summed E-state index contributed by atoms with van der Waals surface area (Å²) in [6.45, 7) is 5.45. The molecule has 0 saturated carbocycles. The Balaban J connectivity index is 1.54. The lowest BCUT2D eigenvalue weighted by Gasteiger charge is -2.24. The Bertz CT molecular complexity index is 2020. The number of carbonyl (C=O) groups is 1. The lowest BCUT2D eigenvalue weighted by molar-refractivity contribution is -0.138. The number of nitrogens with zero attached hydrogens (tertiary/aromatic N) is 4. The summed E-state index contributed by atoms with van der Waals surface area (Å²) in [7, 11) is 1.59. The number of ether oxygens (including phenoxy) is 2. The van der Waals surface area contributed by atoms with Gasteiger partial charge in [0, 0.05) is 17.3 Å². The fourth-order valence-corrected chi connectivity index (χ4v) is 6.10. The quantitative estimate of drug-likeness (QED) is 0.192. The number of para-hydroxylation sites is 1. The summed E-state index contributed by atoms with van der Waals surface area (Å²) < 4.78 is 14.6. The summed E-state index contributed by atoms with van der Waals surface area (Å²) in [4.78, 5) is 32.6. The first-order chi connectivity index (χ1) is 21.0. The van der Waals surface area contributed by atoms with Gasteiger partial charge in [-0.15, -0.1) is 0 Å². The molecule has 0 radical (unpaired) electrons. The molecule has 8 nitrogen and oxygen atoms in total. The molecule has 0 N–H and O–H groups in total. The van der Waals surface area contributed by atoms with E-state index in [2.05, 4.69) is 6.58 Å². The van der Waals surface area contributed by atoms with Crippen LogP contribution in [0.5, 0.6) is 5.75 Å². The number of hydrogen-bond donors (Lipinski definition) is 0. The highest BCUT2D eigenvalue weighted by Gasteiger charge is 2.33. The van der Waals surface area contributed by atoms with E-state index >= 15 is 0 Å². The molecule has 3 heterocycles. The molecule has 1 aliphatic heterocycles. The van der Waals surface area contributed by atoms with Crippen molar-refractivity contribution in [1.82, 2.24) is 14.3 Å². The molecule has 43 heavy (non-hydrogen) atoms. The molecule has 0 spiro atoms. The third kappa shape index (κ3) is 5.38. The first-order valence-electron chi connectivity index (χ1n) is 13.6. The van der Waals surface area contributed by atoms with Crippen molar-refractivity contribution in [1.29, 1.82) is 0 Å². The van der Waals surface area contributed by atoms with E-state index in [-0.39, 0.29) is 12.2 Å². The van der Waals surface area contributed by atoms with E-state index in [9.17, 15) is 9.59 Å². The number of fused-ring (bicyclic) bond motifs is 1. The Labute approximate surface area is 251 Å². The van der Waals surface area contributed by atoms with Crippen LogP contribution in [0.4, 0.5) is 0 Å². The van der Waals surface area contributed by atoms with Crippen molar-refractivity contribution in [2.75, 3.05) is 13.7 Å². The van der Waals surface area contributed by atoms with Crippen LogP contribution in [0.2, 0.25) is 0 Å². The van der Waals surface area contributed by atoms with Crippen molar-refractivity contribution >= 4 is 23.4 Å². The van der Waals surface area contributed by atoms with Gasteiger partial charge in [-0.2, -0.15) is 5.10 Å². The minimum absolute atomic E-state index is 0.0447. The van der Waals surface area contributed by atoms with Gasteiger partial charge in [-0.3, -0.25) is 9.36 Å². The van der Waals surface area contributed by atoms with Gasteiger partial charge in [0.2, 0.25) is 0 Å². The standard InChI is InChI=1S/C34H28N4O4S/c1-4-19-42-33(40)29-22(2)35-34-38(31(29)24-15-17-27(41-3)18-16-24)32(39)28(43-34)20-25-21-37(26-13-9-6-10-14-26)36-30(25)23-11-7-5-8-12-23/h4-18,20-21,31H,1,19H2,2-3H3/b28-20-/t31-/m0/s1. The summed E-state index contributed by atoms with van der Waals surface area (Å²) in [5, 5.41) is 4.88. The highest BCUT2D eigenvalue weighted by Crippen LogP contribution is 2.32. The Morgan fingerprint density at radius 1 is 1.02 bits per heavy atom. The van der Waals surface area contributed by atoms with E-state index < -0.39 is 12.0 Å². The molecule has 0 saturated heterocycles. The zero-order valence-corrected chi connectivity index (χ0v) is 24.5. The molecule has 0 fully saturated rings. The number of carbonyl (C=O) groups excluding carboxylic acids is 1. The summed E-state index contributed by atoms with van der Waals surface area (Å²) in [5.74, 6) is 0.114. The maximum absolute atomic E-state index is 14.2. The van der Waals surface area contributed by atoms with Crippen molar-refractivity contribution in [3.8, 4) is 22.7 Å². The van der Waals surface area contributed by atoms with E-state index in [4.69, 9.17) is 19.6 Å². The summed E-state index contributed by atoms with van der Waals surface area (Å²) in [6, 6.07) is 26.2. The van der Waals surface area contributed by atoms with Crippen LogP contribution in [0, 0.1) is 0 Å². The second-order valence-electron chi connectivity index (χ2n) is 9.82. The average Bonchev–Trinajstić information content (AvgIpc) is 3.60. The van der Waals surface area contributed by atoms with Gasteiger partial charge in [-0.1, -0.05) is 84.7 Å². The average molecular weight is 589 g/mol. The van der Waals surface area contributed by atoms with Gasteiger partial charge in [0.05, 0.1) is 40.3 Å². The first-order valence-corrected chi connectivity index (χ1v) is 14.4. The van der Waals surface area contributed by atoms with E-state index in [0.29, 0.717) is 26.4 Å². The molecule has 2 aromatic heterocycles. The van der Waals surface area contributed by atoms with Crippen molar-refractivity contribution < 1.29 is 14.3 Å². The number of aromatic nitrogens is 3. The molecule has 0 unspecified atom stereocenters. The summed E-state index contributed by atoms with van der Waals surface area (Å²) in [6.07, 6.45) is 5.27. The number of hydrogen-bond acceptors (Lipinski definition) is 7. The second-order valence-corrected chi connectivity index (χ2v) is 10.8. The molecule has 0 aliphatic carbocycles. The first kappa shape index (κ1) is 27.9. The van der Waals surface area contributed by atoms with Gasteiger partial charge in [0.1, 0.15) is 12.4 Å². The van der Waals surface area contributed by atoms with Gasteiger partial charge in [-0.05, 0) is 42.8 Å². The van der Waals surface area contributed by atoms with Crippen LogP contribution < -0.4 is 19.6 Å². The maximum atomic E-state index is 14.2. The Hall–Kier alpha value is -5.28. The third-order valence-corrected chi connectivity index (χ3v) is 8.09. The summed E-state index contributed by atoms with van der Waals surface area (Å²) in [5.41, 5.74) is 4.61. The van der Waals surface area contributed by atoms with Crippen LogP contribution in [-0.4, -0.2) is 34.0 Å². The van der Waals surface area contributed by atoms with Crippen LogP contribution in [-0.2, 0) is 9.53 Å². The molecule has 0 amide bonds. The molecule has 5 aromatic rings. The predicted octanol–water partition coefficient (Wildman–Crippen LogP) is 4.83. The normalized spacial score (nSPS) is 14.7. The van der Waals surface area contributed by atoms with Gasteiger partial charge >= 0.3 is 5.97 Å². The van der Waals surface area contributed by atoms with E-state index in [1.165, 1.54) is 17.4 Å². The van der Waals surface area contributed by atoms with Crippen molar-refractivity contribution in [2.24, 2.45) is 4.99 Å². The van der Waals surface area contributed by atoms with Gasteiger partial charge in [0.25, 0.3) is 5.56 Å². The molecule has 6 rings (SSSR count). The molecule has 9 heteroatoms. The Morgan fingerprint density at radius 2 is 1.72 bits per heavy atom. The zero-order chi connectivity index (χ0) is 29.9.